The highest BCUT2D eigenvalue weighted by Gasteiger charge is 2.46. The number of nitrogens with two attached hydrogens (primary N) is 1. The lowest BCUT2D eigenvalue weighted by molar-refractivity contribution is -0.129. The third-order valence-corrected chi connectivity index (χ3v) is 5.63. The van der Waals surface area contributed by atoms with Crippen LogP contribution in [0.15, 0.2) is 5.16 Å². The first-order chi connectivity index (χ1) is 14.4. The van der Waals surface area contributed by atoms with Crippen LogP contribution in [0.3, 0.4) is 0 Å². The number of nitrogens with zero attached hydrogens (tertiary/aromatic N) is 3. The number of alkyl halides is 2. The van der Waals surface area contributed by atoms with Crippen molar-refractivity contribution in [3.05, 3.63) is 0 Å². The molecule has 2 fully saturated rings. The van der Waals surface area contributed by atoms with Gasteiger partial charge in [-0.2, -0.15) is 5.26 Å². The second kappa shape index (κ2) is 9.87. The number of carboxylic acids is 1. The molecule has 1 atom stereocenters. The van der Waals surface area contributed by atoms with Crippen molar-refractivity contribution in [3.63, 3.8) is 0 Å². The summed E-state index contributed by atoms with van der Waals surface area (Å²) in [6, 6.07) is 0.658. The molecule has 3 rings (SSSR count). The first-order valence-electron chi connectivity index (χ1n) is 10.5. The number of hydrogen-bond acceptors (Lipinski definition) is 7. The van der Waals surface area contributed by atoms with Crippen molar-refractivity contribution >= 4 is 17.6 Å². The molecule has 31 heavy (non-hydrogen) atoms. The zero-order chi connectivity index (χ0) is 23.3. The molecule has 0 unspecified atom stereocenters. The van der Waals surface area contributed by atoms with E-state index in [-0.39, 0.29) is 11.3 Å². The zero-order valence-corrected chi connectivity index (χ0v) is 18.0. The summed E-state index contributed by atoms with van der Waals surface area (Å²) in [7, 11) is 0. The number of carbonyl (C=O) groups excluding carboxylic acids is 1. The van der Waals surface area contributed by atoms with Crippen LogP contribution in [0.4, 0.5) is 8.78 Å². The third kappa shape index (κ3) is 7.40. The number of amides is 1. The topological polar surface area (TPSA) is 141 Å². The number of carboxylic acid groups (broad SMARTS) is 1. The molecule has 0 aromatic heterocycles. The van der Waals surface area contributed by atoms with Gasteiger partial charge in [0.25, 0.3) is 0 Å². The molecule has 0 aromatic carbocycles. The SMILES string of the molecule is CC(F)(F)C[C@H](N)C(=O)NC1(C#N)CC1.CCCN1CCC2(CC1)CC(C(=O)O)=NO2. The van der Waals surface area contributed by atoms with E-state index in [1.807, 2.05) is 6.07 Å². The molecule has 4 N–H and O–H groups in total. The molecule has 1 amide bonds. The molecule has 1 spiro atoms. The maximum absolute atomic E-state index is 12.5. The zero-order valence-electron chi connectivity index (χ0n) is 18.0. The molecule has 9 nitrogen and oxygen atoms in total. The number of oxime groups is 1. The second-order valence-corrected chi connectivity index (χ2v) is 8.70. The first-order valence-corrected chi connectivity index (χ1v) is 10.5. The normalized spacial score (nSPS) is 22.3. The largest absolute Gasteiger partial charge is 0.477 e. The van der Waals surface area contributed by atoms with Gasteiger partial charge >= 0.3 is 5.97 Å². The van der Waals surface area contributed by atoms with Crippen molar-refractivity contribution in [1.82, 2.24) is 10.2 Å². The highest BCUT2D eigenvalue weighted by atomic mass is 19.3. The number of nitrogens with one attached hydrogen (secondary N) is 1. The predicted molar refractivity (Wildman–Crippen MR) is 108 cm³/mol. The number of nitriles is 1. The van der Waals surface area contributed by atoms with Crippen molar-refractivity contribution < 1.29 is 28.3 Å². The Labute approximate surface area is 180 Å². The summed E-state index contributed by atoms with van der Waals surface area (Å²) in [5.74, 6) is -4.61. The van der Waals surface area contributed by atoms with Crippen molar-refractivity contribution in [2.24, 2.45) is 10.9 Å². The summed E-state index contributed by atoms with van der Waals surface area (Å²) in [5, 5.41) is 23.6. The van der Waals surface area contributed by atoms with Crippen LogP contribution in [-0.4, -0.2) is 70.3 Å². The van der Waals surface area contributed by atoms with E-state index in [4.69, 9.17) is 20.9 Å². The Morgan fingerprint density at radius 3 is 2.42 bits per heavy atom. The average Bonchev–Trinajstić information content (AvgIpc) is 3.34. The molecule has 1 aliphatic carbocycles. The van der Waals surface area contributed by atoms with Crippen molar-refractivity contribution in [1.29, 1.82) is 5.26 Å². The Hall–Kier alpha value is -2.32. The van der Waals surface area contributed by atoms with Crippen molar-refractivity contribution in [3.8, 4) is 6.07 Å². The van der Waals surface area contributed by atoms with E-state index in [2.05, 4.69) is 22.3 Å². The van der Waals surface area contributed by atoms with E-state index in [0.29, 0.717) is 26.2 Å². The molecule has 1 saturated heterocycles. The summed E-state index contributed by atoms with van der Waals surface area (Å²) in [5.41, 5.74) is 4.29. The van der Waals surface area contributed by atoms with Gasteiger partial charge in [0.05, 0.1) is 12.1 Å². The van der Waals surface area contributed by atoms with Gasteiger partial charge in [0, 0.05) is 38.8 Å². The van der Waals surface area contributed by atoms with Gasteiger partial charge in [-0.1, -0.05) is 12.1 Å². The Balaban J connectivity index is 0.000000221. The number of carbonyl (C=O) groups is 2. The molecular formula is C20H31F2N5O4. The number of likely N-dealkylation sites (tertiary alicyclic amines) is 1. The minimum Gasteiger partial charge on any atom is -0.477 e. The summed E-state index contributed by atoms with van der Waals surface area (Å²) < 4.78 is 25.1. The standard InChI is InChI=1S/C11H18N2O3.C9H13F2N3O/c1-2-5-13-6-3-11(4-7-13)8-9(10(14)15)12-16-11;1-8(10,11)4-6(13)7(15)14-9(5-12)2-3-9/h2-8H2,1H3,(H,14,15);6H,2-4,13H2,1H3,(H,14,15)/t;6-/m.0/s1. The van der Waals surface area contributed by atoms with E-state index >= 15 is 0 Å². The third-order valence-electron chi connectivity index (χ3n) is 5.63. The van der Waals surface area contributed by atoms with E-state index < -0.39 is 35.8 Å². The minimum atomic E-state index is -2.97. The number of hydrogen-bond donors (Lipinski definition) is 3. The van der Waals surface area contributed by atoms with Crippen LogP contribution in [-0.2, 0) is 14.4 Å². The quantitative estimate of drug-likeness (QED) is 0.543. The molecule has 0 bridgehead atoms. The lowest BCUT2D eigenvalue weighted by atomic mass is 9.87. The van der Waals surface area contributed by atoms with Crippen LogP contribution in [0, 0.1) is 11.3 Å². The van der Waals surface area contributed by atoms with E-state index in [9.17, 15) is 18.4 Å². The fraction of sp³-hybridized carbons (Fsp3) is 0.800. The number of piperidine rings is 1. The maximum atomic E-state index is 12.5. The Kier molecular flexibility index (Phi) is 7.94. The molecule has 0 aromatic rings. The van der Waals surface area contributed by atoms with Gasteiger partial charge in [-0.05, 0) is 32.7 Å². The van der Waals surface area contributed by atoms with Gasteiger partial charge < -0.3 is 25.9 Å². The van der Waals surface area contributed by atoms with Gasteiger partial charge in [-0.15, -0.1) is 0 Å². The van der Waals surface area contributed by atoms with Gasteiger partial charge in [-0.3, -0.25) is 4.79 Å². The van der Waals surface area contributed by atoms with E-state index in [1.165, 1.54) is 0 Å². The fourth-order valence-electron chi connectivity index (χ4n) is 3.60. The summed E-state index contributed by atoms with van der Waals surface area (Å²) >= 11 is 0. The van der Waals surface area contributed by atoms with Gasteiger partial charge in [0.2, 0.25) is 11.8 Å². The average molecular weight is 443 g/mol. The van der Waals surface area contributed by atoms with Crippen LogP contribution in [0.2, 0.25) is 0 Å². The Morgan fingerprint density at radius 1 is 1.39 bits per heavy atom. The lowest BCUT2D eigenvalue weighted by Crippen LogP contribution is -2.48. The first kappa shape index (κ1) is 24.9. The predicted octanol–water partition coefficient (Wildman–Crippen LogP) is 1.62. The smallest absolute Gasteiger partial charge is 0.353 e. The monoisotopic (exact) mass is 443 g/mol. The van der Waals surface area contributed by atoms with Crippen LogP contribution in [0.25, 0.3) is 0 Å². The second-order valence-electron chi connectivity index (χ2n) is 8.70. The molecule has 3 aliphatic rings. The molecule has 2 heterocycles. The van der Waals surface area contributed by atoms with Crippen LogP contribution < -0.4 is 11.1 Å². The molecule has 2 aliphatic heterocycles. The number of rotatable bonds is 7. The molecule has 11 heteroatoms. The van der Waals surface area contributed by atoms with E-state index in [0.717, 1.165) is 38.9 Å². The summed E-state index contributed by atoms with van der Waals surface area (Å²) in [6.45, 7) is 5.95. The molecule has 174 valence electrons. The Bertz CT molecular complexity index is 735. The van der Waals surface area contributed by atoms with E-state index in [1.54, 1.807) is 0 Å². The summed E-state index contributed by atoms with van der Waals surface area (Å²) in [6.07, 6.45) is 3.79. The molecule has 1 saturated carbocycles. The maximum Gasteiger partial charge on any atom is 0.353 e. The highest BCUT2D eigenvalue weighted by molar-refractivity contribution is 6.36. The van der Waals surface area contributed by atoms with Crippen LogP contribution in [0.1, 0.15) is 58.8 Å². The van der Waals surface area contributed by atoms with Crippen molar-refractivity contribution in [2.75, 3.05) is 19.6 Å². The minimum absolute atomic E-state index is 0.170. The van der Waals surface area contributed by atoms with Crippen LogP contribution in [0.5, 0.6) is 0 Å². The molecule has 0 radical (unpaired) electrons. The lowest BCUT2D eigenvalue weighted by Gasteiger charge is -2.36. The van der Waals surface area contributed by atoms with Gasteiger partial charge in [0.15, 0.2) is 5.71 Å². The van der Waals surface area contributed by atoms with Gasteiger partial charge in [-0.25, -0.2) is 13.6 Å². The van der Waals surface area contributed by atoms with Crippen molar-refractivity contribution in [2.45, 2.75) is 81.9 Å². The number of halogens is 2. The molecular weight excluding hydrogens is 412 g/mol. The number of aliphatic carboxylic acids is 1. The fourth-order valence-corrected chi connectivity index (χ4v) is 3.60. The Morgan fingerprint density at radius 2 is 2.00 bits per heavy atom. The summed E-state index contributed by atoms with van der Waals surface area (Å²) in [4.78, 5) is 29.8. The van der Waals surface area contributed by atoms with Gasteiger partial charge in [0.1, 0.15) is 11.1 Å². The van der Waals surface area contributed by atoms with Crippen LogP contribution >= 0.6 is 0 Å². The highest BCUT2D eigenvalue weighted by Crippen LogP contribution is 2.35.